The second-order valence-corrected chi connectivity index (χ2v) is 4.27. The quantitative estimate of drug-likeness (QED) is 0.184. The normalized spacial score (nSPS) is 9.85. The third-order valence-electron chi connectivity index (χ3n) is 2.69. The van der Waals surface area contributed by atoms with Gasteiger partial charge in [0, 0.05) is 0 Å². The number of halogens is 1. The fourth-order valence-corrected chi connectivity index (χ4v) is 1.75. The van der Waals surface area contributed by atoms with Gasteiger partial charge in [0.15, 0.2) is 0 Å². The number of anilines is 6. The van der Waals surface area contributed by atoms with Gasteiger partial charge in [-0.3, -0.25) is 0 Å². The highest BCUT2D eigenvalue weighted by atomic mass is 35.5. The molecule has 4 rings (SSSR count). The Balaban J connectivity index is 0.000000241. The van der Waals surface area contributed by atoms with Crippen molar-refractivity contribution >= 4 is 59.7 Å². The molecule has 0 unspecified atom stereocenters. The predicted octanol–water partition coefficient (Wildman–Crippen LogP) is -2.41. The van der Waals surface area contributed by atoms with Gasteiger partial charge in [0.2, 0.25) is 35.7 Å². The van der Waals surface area contributed by atoms with Crippen molar-refractivity contribution in [3.8, 4) is 0 Å². The lowest BCUT2D eigenvalue weighted by atomic mass is 10.8. The molecule has 140 valence electrons. The van der Waals surface area contributed by atoms with E-state index in [1.165, 1.54) is 8.80 Å². The fourth-order valence-electron chi connectivity index (χ4n) is 1.75. The lowest BCUT2D eigenvalue weighted by Crippen LogP contribution is -2.07. The van der Waals surface area contributed by atoms with E-state index in [9.17, 15) is 0 Å². The molecule has 4 aromatic rings. The first-order valence-corrected chi connectivity index (χ1v) is 6.16. The Hall–Kier alpha value is -3.95. The molecule has 16 nitrogen and oxygen atoms in total. The summed E-state index contributed by atoms with van der Waals surface area (Å²) < 4.78 is 2.60. The maximum atomic E-state index is 5.47. The zero-order chi connectivity index (χ0) is 17.4. The van der Waals surface area contributed by atoms with Crippen LogP contribution in [0.5, 0.6) is 0 Å². The van der Waals surface area contributed by atoms with E-state index in [0.717, 1.165) is 0 Å². The molecule has 0 fully saturated rings. The van der Waals surface area contributed by atoms with Crippen LogP contribution in [-0.2, 0) is 0 Å². The summed E-state index contributed by atoms with van der Waals surface area (Å²) in [6, 6.07) is 0. The predicted molar refractivity (Wildman–Crippen MR) is 97.6 cm³/mol. The van der Waals surface area contributed by atoms with Gasteiger partial charge in [-0.05, 0) is 0 Å². The minimum Gasteiger partial charge on any atom is -0.369 e. The average Bonchev–Trinajstić information content (AvgIpc) is 3.03. The SMILES string of the molecule is C.Cl.Nc1nc(N)n2c(N)nnc2n1.Nc1nc(N)n2c(N)nnc2n1. The van der Waals surface area contributed by atoms with Gasteiger partial charge in [-0.1, -0.05) is 7.43 Å². The molecule has 0 amide bonds. The van der Waals surface area contributed by atoms with Crippen molar-refractivity contribution in [3.05, 3.63) is 0 Å². The van der Waals surface area contributed by atoms with E-state index >= 15 is 0 Å². The Kier molecular flexibility index (Phi) is 5.64. The number of nitrogens with zero attached hydrogens (tertiary/aromatic N) is 10. The van der Waals surface area contributed by atoms with Crippen LogP contribution in [0.4, 0.5) is 35.7 Å². The summed E-state index contributed by atoms with van der Waals surface area (Å²) in [5, 5.41) is 14.3. The summed E-state index contributed by atoms with van der Waals surface area (Å²) in [6.45, 7) is 0. The number of nitrogen functional groups attached to an aromatic ring is 6. The Morgan fingerprint density at radius 2 is 0.846 bits per heavy atom. The smallest absolute Gasteiger partial charge is 0.262 e. The van der Waals surface area contributed by atoms with E-state index in [0.29, 0.717) is 0 Å². The largest absolute Gasteiger partial charge is 0.369 e. The molecular formula is C9H17ClN16. The van der Waals surface area contributed by atoms with Gasteiger partial charge in [-0.25, -0.2) is 8.80 Å². The molecule has 0 atom stereocenters. The number of nitrogens with two attached hydrogens (primary N) is 6. The van der Waals surface area contributed by atoms with Crippen LogP contribution in [0.2, 0.25) is 0 Å². The lowest BCUT2D eigenvalue weighted by Gasteiger charge is -1.98. The summed E-state index contributed by atoms with van der Waals surface area (Å²) >= 11 is 0. The van der Waals surface area contributed by atoms with Gasteiger partial charge < -0.3 is 34.4 Å². The molecule has 0 aromatic carbocycles. The molecule has 17 heteroatoms. The summed E-state index contributed by atoms with van der Waals surface area (Å²) in [5.41, 5.74) is 32.4. The van der Waals surface area contributed by atoms with Gasteiger partial charge in [0.05, 0.1) is 0 Å². The Morgan fingerprint density at radius 3 is 1.19 bits per heavy atom. The molecule has 4 heterocycles. The maximum Gasteiger partial charge on any atom is 0.262 e. The van der Waals surface area contributed by atoms with Gasteiger partial charge in [0.1, 0.15) is 0 Å². The van der Waals surface area contributed by atoms with Gasteiger partial charge in [0.25, 0.3) is 11.6 Å². The van der Waals surface area contributed by atoms with Crippen LogP contribution in [0.15, 0.2) is 0 Å². The number of rotatable bonds is 0. The average molecular weight is 385 g/mol. The van der Waals surface area contributed by atoms with Gasteiger partial charge in [-0.15, -0.1) is 32.8 Å². The molecule has 0 bridgehead atoms. The third kappa shape index (κ3) is 3.43. The molecular weight excluding hydrogens is 368 g/mol. The summed E-state index contributed by atoms with van der Waals surface area (Å²) in [7, 11) is 0. The van der Waals surface area contributed by atoms with Crippen LogP contribution in [0.3, 0.4) is 0 Å². The summed E-state index contributed by atoms with van der Waals surface area (Å²) in [6.07, 6.45) is 0. The van der Waals surface area contributed by atoms with Crippen molar-refractivity contribution in [2.45, 2.75) is 7.43 Å². The maximum absolute atomic E-state index is 5.47. The lowest BCUT2D eigenvalue weighted by molar-refractivity contribution is 1.04. The third-order valence-corrected chi connectivity index (χ3v) is 2.69. The van der Waals surface area contributed by atoms with Crippen molar-refractivity contribution in [3.63, 3.8) is 0 Å². The first-order chi connectivity index (χ1) is 11.4. The van der Waals surface area contributed by atoms with E-state index in [-0.39, 0.29) is 67.1 Å². The topological polar surface area (TPSA) is 268 Å². The molecule has 26 heavy (non-hydrogen) atoms. The first-order valence-electron chi connectivity index (χ1n) is 6.16. The molecule has 0 aliphatic carbocycles. The minimum atomic E-state index is 0. The second-order valence-electron chi connectivity index (χ2n) is 4.27. The van der Waals surface area contributed by atoms with Crippen LogP contribution in [-0.4, -0.2) is 49.1 Å². The van der Waals surface area contributed by atoms with E-state index in [1.807, 2.05) is 0 Å². The zero-order valence-corrected chi connectivity index (χ0v) is 13.2. The van der Waals surface area contributed by atoms with Crippen LogP contribution in [0.1, 0.15) is 7.43 Å². The zero-order valence-electron chi connectivity index (χ0n) is 12.3. The molecule has 0 saturated carbocycles. The fraction of sp³-hybridized carbons (Fsp3) is 0.111. The monoisotopic (exact) mass is 384 g/mol. The highest BCUT2D eigenvalue weighted by Crippen LogP contribution is 2.09. The Morgan fingerprint density at radius 1 is 0.500 bits per heavy atom. The molecule has 0 radical (unpaired) electrons. The van der Waals surface area contributed by atoms with Crippen LogP contribution in [0, 0.1) is 0 Å². The molecule has 0 spiro atoms. The molecule has 0 aliphatic heterocycles. The van der Waals surface area contributed by atoms with Gasteiger partial charge >= 0.3 is 0 Å². The van der Waals surface area contributed by atoms with Crippen molar-refractivity contribution in [1.29, 1.82) is 0 Å². The molecule has 4 aromatic heterocycles. The van der Waals surface area contributed by atoms with Crippen molar-refractivity contribution in [2.75, 3.05) is 34.4 Å². The van der Waals surface area contributed by atoms with Crippen molar-refractivity contribution < 1.29 is 0 Å². The summed E-state index contributed by atoms with van der Waals surface area (Å²) in [5.74, 6) is 1.12. The highest BCUT2D eigenvalue weighted by molar-refractivity contribution is 5.85. The minimum absolute atomic E-state index is 0. The van der Waals surface area contributed by atoms with E-state index in [2.05, 4.69) is 40.3 Å². The highest BCUT2D eigenvalue weighted by Gasteiger charge is 2.08. The van der Waals surface area contributed by atoms with E-state index in [1.54, 1.807) is 0 Å². The second kappa shape index (κ2) is 7.30. The molecule has 0 saturated heterocycles. The van der Waals surface area contributed by atoms with Crippen LogP contribution in [0.25, 0.3) is 11.6 Å². The van der Waals surface area contributed by atoms with Crippen molar-refractivity contribution in [2.24, 2.45) is 0 Å². The van der Waals surface area contributed by atoms with E-state index in [4.69, 9.17) is 34.4 Å². The Labute approximate surface area is 151 Å². The van der Waals surface area contributed by atoms with Crippen LogP contribution >= 0.6 is 12.4 Å². The standard InChI is InChI=1S/2C4H6N8.CH4.ClH/c2*5-1-8-2(6)12-3(7)10-11-4(12)9-1;;/h2*(H2,7,10)(H4,5,6,8,9,11);1H4;1H. The van der Waals surface area contributed by atoms with Crippen molar-refractivity contribution in [1.82, 2.24) is 49.1 Å². The van der Waals surface area contributed by atoms with Gasteiger partial charge in [-0.2, -0.15) is 19.9 Å². The molecule has 0 aliphatic rings. The number of hydrogen-bond acceptors (Lipinski definition) is 14. The Bertz CT molecular complexity index is 951. The number of aromatic nitrogens is 10. The number of hydrogen-bond donors (Lipinski definition) is 6. The first kappa shape index (κ1) is 20.1. The number of fused-ring (bicyclic) bond motifs is 2. The molecule has 12 N–H and O–H groups in total. The summed E-state index contributed by atoms with van der Waals surface area (Å²) in [4.78, 5) is 14.9. The van der Waals surface area contributed by atoms with E-state index < -0.39 is 0 Å². The van der Waals surface area contributed by atoms with Crippen LogP contribution < -0.4 is 34.4 Å².